The van der Waals surface area contributed by atoms with Gasteiger partial charge in [0.05, 0.1) is 6.26 Å². The molecular formula is C11H7I2NO. The van der Waals surface area contributed by atoms with Crippen LogP contribution >= 0.6 is 45.2 Å². The second-order valence-corrected chi connectivity index (χ2v) is 5.06. The van der Waals surface area contributed by atoms with E-state index in [2.05, 4.69) is 62.8 Å². The summed E-state index contributed by atoms with van der Waals surface area (Å²) in [6.07, 6.45) is 1.42. The smallest absolute Gasteiger partial charge is 0.152 e. The van der Waals surface area contributed by atoms with Crippen LogP contribution in [0.1, 0.15) is 0 Å². The third-order valence-corrected chi connectivity index (χ3v) is 4.61. The molecule has 0 aliphatic carbocycles. The van der Waals surface area contributed by atoms with Gasteiger partial charge < -0.3 is 4.74 Å². The normalized spacial score (nSPS) is 10.3. The van der Waals surface area contributed by atoms with E-state index in [0.29, 0.717) is 0 Å². The van der Waals surface area contributed by atoms with Crippen LogP contribution in [0, 0.1) is 7.27 Å². The van der Waals surface area contributed by atoms with Gasteiger partial charge in [-0.05, 0) is 57.3 Å². The van der Waals surface area contributed by atoms with E-state index in [0.717, 1.165) is 23.9 Å². The highest BCUT2D eigenvalue weighted by atomic mass is 127. The molecule has 0 saturated carbocycles. The van der Waals surface area contributed by atoms with Crippen molar-refractivity contribution in [2.24, 2.45) is 0 Å². The van der Waals surface area contributed by atoms with Gasteiger partial charge in [0.15, 0.2) is 5.75 Å². The Labute approximate surface area is 115 Å². The van der Waals surface area contributed by atoms with Crippen LogP contribution in [0.3, 0.4) is 0 Å². The zero-order valence-electron chi connectivity index (χ0n) is 7.71. The first-order valence-electron chi connectivity index (χ1n) is 4.24. The first-order chi connectivity index (χ1) is 7.22. The molecule has 1 heterocycles. The van der Waals surface area contributed by atoms with E-state index in [9.17, 15) is 0 Å². The van der Waals surface area contributed by atoms with Crippen molar-refractivity contribution in [3.8, 4) is 5.75 Å². The predicted octanol–water partition coefficient (Wildman–Crippen LogP) is 3.97. The van der Waals surface area contributed by atoms with Gasteiger partial charge in [0.25, 0.3) is 0 Å². The van der Waals surface area contributed by atoms with Crippen molar-refractivity contribution in [1.29, 1.82) is 0 Å². The monoisotopic (exact) mass is 423 g/mol. The lowest BCUT2D eigenvalue weighted by atomic mass is 10.2. The van der Waals surface area contributed by atoms with Gasteiger partial charge in [-0.15, -0.1) is 0 Å². The topological polar surface area (TPSA) is 22.1 Å². The van der Waals surface area contributed by atoms with Crippen molar-refractivity contribution >= 4 is 56.1 Å². The molecule has 0 saturated heterocycles. The molecule has 0 N–H and O–H groups in total. The molecule has 0 unspecified atom stereocenters. The van der Waals surface area contributed by atoms with Gasteiger partial charge >= 0.3 is 0 Å². The van der Waals surface area contributed by atoms with E-state index in [1.807, 2.05) is 18.2 Å². The Hall–Kier alpha value is -0.370. The average Bonchev–Trinajstić information content (AvgIpc) is 2.21. The highest BCUT2D eigenvalue weighted by molar-refractivity contribution is 14.1. The maximum Gasteiger partial charge on any atom is 0.152 e. The number of aromatic nitrogens is 1. The molecule has 0 aliphatic rings. The number of nitrogens with zero attached hydrogens (tertiary/aromatic N) is 1. The highest BCUT2D eigenvalue weighted by Gasteiger charge is 2.06. The summed E-state index contributed by atoms with van der Waals surface area (Å²) in [6.45, 7) is 3.55. The van der Waals surface area contributed by atoms with Crippen LogP contribution in [0.2, 0.25) is 0 Å². The number of ether oxygens (including phenoxy) is 1. The molecule has 2 aromatic rings. The van der Waals surface area contributed by atoms with Crippen LogP contribution in [-0.4, -0.2) is 4.98 Å². The Bertz CT molecular complexity index is 525. The van der Waals surface area contributed by atoms with E-state index < -0.39 is 0 Å². The number of pyridine rings is 1. The van der Waals surface area contributed by atoms with Crippen LogP contribution in [-0.2, 0) is 0 Å². The fourth-order valence-corrected chi connectivity index (χ4v) is 2.16. The SMILES string of the molecule is C=COc1cccc2cc(I)c(I)nc12. The van der Waals surface area contributed by atoms with Gasteiger partial charge in [-0.1, -0.05) is 18.7 Å². The number of hydrogen-bond acceptors (Lipinski definition) is 2. The molecule has 15 heavy (non-hydrogen) atoms. The van der Waals surface area contributed by atoms with Crippen LogP contribution in [0.25, 0.3) is 10.9 Å². The molecule has 4 heteroatoms. The molecule has 76 valence electrons. The van der Waals surface area contributed by atoms with Gasteiger partial charge in [0, 0.05) is 8.96 Å². The predicted molar refractivity (Wildman–Crippen MR) is 78.0 cm³/mol. The zero-order chi connectivity index (χ0) is 10.8. The molecule has 0 spiro atoms. The Morgan fingerprint density at radius 3 is 2.87 bits per heavy atom. The van der Waals surface area contributed by atoms with Crippen molar-refractivity contribution in [2.45, 2.75) is 0 Å². The Balaban J connectivity index is 2.73. The summed E-state index contributed by atoms with van der Waals surface area (Å²) in [5.74, 6) is 0.747. The Morgan fingerprint density at radius 2 is 2.13 bits per heavy atom. The van der Waals surface area contributed by atoms with Gasteiger partial charge in [-0.3, -0.25) is 0 Å². The molecule has 1 aromatic carbocycles. The molecule has 2 rings (SSSR count). The molecule has 1 aromatic heterocycles. The van der Waals surface area contributed by atoms with Crippen molar-refractivity contribution in [2.75, 3.05) is 0 Å². The lowest BCUT2D eigenvalue weighted by Gasteiger charge is -2.05. The molecule has 0 atom stereocenters. The second kappa shape index (κ2) is 4.65. The molecule has 0 radical (unpaired) electrons. The fourth-order valence-electron chi connectivity index (χ4n) is 1.31. The quantitative estimate of drug-likeness (QED) is 0.415. The number of fused-ring (bicyclic) bond motifs is 1. The van der Waals surface area contributed by atoms with Crippen LogP contribution < -0.4 is 4.74 Å². The molecule has 0 fully saturated rings. The van der Waals surface area contributed by atoms with Crippen LogP contribution in [0.4, 0.5) is 0 Å². The van der Waals surface area contributed by atoms with Crippen molar-refractivity contribution in [3.63, 3.8) is 0 Å². The standard InChI is InChI=1S/C11H7I2NO/c1-2-15-9-5-3-4-7-6-8(12)11(13)14-10(7)9/h2-6H,1H2. The minimum atomic E-state index is 0.747. The summed E-state index contributed by atoms with van der Waals surface area (Å²) in [5, 5.41) is 1.08. The third kappa shape index (κ3) is 2.25. The van der Waals surface area contributed by atoms with Crippen molar-refractivity contribution in [1.82, 2.24) is 4.98 Å². The average molecular weight is 423 g/mol. The zero-order valence-corrected chi connectivity index (χ0v) is 12.0. The largest absolute Gasteiger partial charge is 0.463 e. The minimum absolute atomic E-state index is 0.747. The van der Waals surface area contributed by atoms with Crippen LogP contribution in [0.5, 0.6) is 5.75 Å². The van der Waals surface area contributed by atoms with Gasteiger partial charge in [-0.2, -0.15) is 0 Å². The molecular weight excluding hydrogens is 416 g/mol. The van der Waals surface area contributed by atoms with Gasteiger partial charge in [0.1, 0.15) is 9.22 Å². The summed E-state index contributed by atoms with van der Waals surface area (Å²) < 4.78 is 7.45. The minimum Gasteiger partial charge on any atom is -0.463 e. The maximum absolute atomic E-state index is 5.31. The van der Waals surface area contributed by atoms with E-state index >= 15 is 0 Å². The number of hydrogen-bond donors (Lipinski definition) is 0. The van der Waals surface area contributed by atoms with Gasteiger partial charge in [0.2, 0.25) is 0 Å². The Kier molecular flexibility index (Phi) is 3.45. The highest BCUT2D eigenvalue weighted by Crippen LogP contribution is 2.27. The number of halogens is 2. The lowest BCUT2D eigenvalue weighted by molar-refractivity contribution is 0.488. The van der Waals surface area contributed by atoms with Crippen molar-refractivity contribution < 1.29 is 4.74 Å². The Morgan fingerprint density at radius 1 is 1.33 bits per heavy atom. The van der Waals surface area contributed by atoms with E-state index in [4.69, 9.17) is 4.74 Å². The van der Waals surface area contributed by atoms with Gasteiger partial charge in [-0.25, -0.2) is 4.98 Å². The molecule has 2 nitrogen and oxygen atoms in total. The molecule has 0 bridgehead atoms. The number of rotatable bonds is 2. The summed E-state index contributed by atoms with van der Waals surface area (Å²) >= 11 is 4.49. The number of benzene rings is 1. The number of para-hydroxylation sites is 1. The summed E-state index contributed by atoms with van der Waals surface area (Å²) in [5.41, 5.74) is 0.877. The fraction of sp³-hybridized carbons (Fsp3) is 0. The van der Waals surface area contributed by atoms with E-state index in [-0.39, 0.29) is 0 Å². The summed E-state index contributed by atoms with van der Waals surface area (Å²) in [4.78, 5) is 4.50. The second-order valence-electron chi connectivity index (χ2n) is 2.87. The molecule has 0 aliphatic heterocycles. The van der Waals surface area contributed by atoms with Crippen molar-refractivity contribution in [3.05, 3.63) is 44.4 Å². The van der Waals surface area contributed by atoms with E-state index in [1.54, 1.807) is 0 Å². The first kappa shape index (κ1) is 11.1. The van der Waals surface area contributed by atoms with Crippen LogP contribution in [0.15, 0.2) is 37.1 Å². The van der Waals surface area contributed by atoms with E-state index in [1.165, 1.54) is 6.26 Å². The first-order valence-corrected chi connectivity index (χ1v) is 6.40. The summed E-state index contributed by atoms with van der Waals surface area (Å²) in [7, 11) is 0. The molecule has 0 amide bonds. The third-order valence-electron chi connectivity index (χ3n) is 1.93. The summed E-state index contributed by atoms with van der Waals surface area (Å²) in [6, 6.07) is 7.96. The lowest BCUT2D eigenvalue weighted by Crippen LogP contribution is -1.91. The maximum atomic E-state index is 5.31.